The maximum Gasteiger partial charge on any atom is 0.298 e. The summed E-state index contributed by atoms with van der Waals surface area (Å²) >= 11 is 1.12. The summed E-state index contributed by atoms with van der Waals surface area (Å²) in [7, 11) is 0. The minimum Gasteiger partial charge on any atom is -0.409 e. The Morgan fingerprint density at radius 2 is 2.19 bits per heavy atom. The van der Waals surface area contributed by atoms with Crippen LogP contribution in [0.5, 0.6) is 0 Å². The van der Waals surface area contributed by atoms with Crippen LogP contribution < -0.4 is 5.73 Å². The standard InChI is InChI=1S/C11H10N6O3S/c1-6-4-5-13-11(14-6)21-8-3-2-7(17(19)20)9(15-8)10(12)16-18/h2-5,18H,1H3,(H2,12,16). The lowest BCUT2D eigenvalue weighted by atomic mass is 10.3. The van der Waals surface area contributed by atoms with Gasteiger partial charge in [-0.05, 0) is 30.8 Å². The van der Waals surface area contributed by atoms with E-state index in [4.69, 9.17) is 10.9 Å². The zero-order chi connectivity index (χ0) is 15.4. The summed E-state index contributed by atoms with van der Waals surface area (Å²) in [5.74, 6) is -0.436. The quantitative estimate of drug-likeness (QED) is 0.215. The van der Waals surface area contributed by atoms with Gasteiger partial charge in [-0.3, -0.25) is 10.1 Å². The van der Waals surface area contributed by atoms with Gasteiger partial charge in [0.1, 0.15) is 5.03 Å². The van der Waals surface area contributed by atoms with E-state index in [1.807, 2.05) is 6.92 Å². The second-order valence-electron chi connectivity index (χ2n) is 3.84. The van der Waals surface area contributed by atoms with Gasteiger partial charge in [0.15, 0.2) is 16.7 Å². The van der Waals surface area contributed by atoms with Crippen LogP contribution in [0.1, 0.15) is 11.4 Å². The summed E-state index contributed by atoms with van der Waals surface area (Å²) in [6.07, 6.45) is 1.60. The van der Waals surface area contributed by atoms with Crippen molar-refractivity contribution in [1.82, 2.24) is 15.0 Å². The van der Waals surface area contributed by atoms with Crippen LogP contribution in [0.3, 0.4) is 0 Å². The number of aryl methyl sites for hydroxylation is 1. The molecular formula is C11H10N6O3S. The third-order valence-electron chi connectivity index (χ3n) is 2.36. The van der Waals surface area contributed by atoms with Crippen molar-refractivity contribution in [1.29, 1.82) is 0 Å². The van der Waals surface area contributed by atoms with Crippen LogP contribution in [0.4, 0.5) is 5.69 Å². The van der Waals surface area contributed by atoms with Crippen molar-refractivity contribution in [2.24, 2.45) is 10.9 Å². The van der Waals surface area contributed by atoms with Gasteiger partial charge in [0.2, 0.25) is 0 Å². The summed E-state index contributed by atoms with van der Waals surface area (Å²) < 4.78 is 0. The van der Waals surface area contributed by atoms with Crippen LogP contribution in [-0.2, 0) is 0 Å². The Morgan fingerprint density at radius 3 is 2.81 bits per heavy atom. The zero-order valence-electron chi connectivity index (χ0n) is 10.8. The molecule has 0 spiro atoms. The normalized spacial score (nSPS) is 11.4. The molecule has 0 radical (unpaired) electrons. The van der Waals surface area contributed by atoms with E-state index < -0.39 is 10.8 Å². The highest BCUT2D eigenvalue weighted by Crippen LogP contribution is 2.26. The van der Waals surface area contributed by atoms with E-state index in [1.165, 1.54) is 12.1 Å². The van der Waals surface area contributed by atoms with Crippen LogP contribution in [0.15, 0.2) is 39.7 Å². The lowest BCUT2D eigenvalue weighted by Crippen LogP contribution is -2.17. The molecule has 0 saturated heterocycles. The van der Waals surface area contributed by atoms with Crippen LogP contribution in [0, 0.1) is 17.0 Å². The summed E-state index contributed by atoms with van der Waals surface area (Å²) in [4.78, 5) is 22.5. The van der Waals surface area contributed by atoms with E-state index in [0.717, 1.165) is 17.5 Å². The summed E-state index contributed by atoms with van der Waals surface area (Å²) in [6, 6.07) is 4.43. The second kappa shape index (κ2) is 6.13. The Morgan fingerprint density at radius 1 is 1.43 bits per heavy atom. The number of aromatic nitrogens is 3. The highest BCUT2D eigenvalue weighted by Gasteiger charge is 2.20. The number of nitrogens with zero attached hydrogens (tertiary/aromatic N) is 5. The van der Waals surface area contributed by atoms with Gasteiger partial charge in [0.05, 0.1) is 4.92 Å². The molecule has 0 bridgehead atoms. The monoisotopic (exact) mass is 306 g/mol. The van der Waals surface area contributed by atoms with Crippen LogP contribution in [-0.4, -0.2) is 30.9 Å². The highest BCUT2D eigenvalue weighted by molar-refractivity contribution is 7.99. The first-order valence-electron chi connectivity index (χ1n) is 5.62. The molecule has 0 aliphatic heterocycles. The second-order valence-corrected chi connectivity index (χ2v) is 4.83. The number of nitrogens with two attached hydrogens (primary N) is 1. The molecule has 0 unspecified atom stereocenters. The van der Waals surface area contributed by atoms with E-state index in [0.29, 0.717) is 10.2 Å². The molecular weight excluding hydrogens is 296 g/mol. The zero-order valence-corrected chi connectivity index (χ0v) is 11.6. The number of pyridine rings is 1. The minimum absolute atomic E-state index is 0.208. The molecule has 108 valence electrons. The van der Waals surface area contributed by atoms with Gasteiger partial charge in [0, 0.05) is 18.0 Å². The van der Waals surface area contributed by atoms with E-state index in [1.54, 1.807) is 12.3 Å². The van der Waals surface area contributed by atoms with Crippen molar-refractivity contribution in [3.8, 4) is 0 Å². The number of nitro groups is 1. The fraction of sp³-hybridized carbons (Fsp3) is 0.0909. The van der Waals surface area contributed by atoms with Gasteiger partial charge in [-0.2, -0.15) is 0 Å². The van der Waals surface area contributed by atoms with Gasteiger partial charge in [0.25, 0.3) is 5.69 Å². The van der Waals surface area contributed by atoms with Crippen LogP contribution >= 0.6 is 11.8 Å². The van der Waals surface area contributed by atoms with Crippen molar-refractivity contribution in [3.05, 3.63) is 45.9 Å². The van der Waals surface area contributed by atoms with Gasteiger partial charge >= 0.3 is 0 Å². The molecule has 21 heavy (non-hydrogen) atoms. The van der Waals surface area contributed by atoms with Gasteiger partial charge in [-0.15, -0.1) is 0 Å². The molecule has 0 fully saturated rings. The number of amidine groups is 1. The van der Waals surface area contributed by atoms with E-state index in [9.17, 15) is 10.1 Å². The molecule has 3 N–H and O–H groups in total. The number of hydrogen-bond donors (Lipinski definition) is 2. The van der Waals surface area contributed by atoms with Crippen LogP contribution in [0.2, 0.25) is 0 Å². The molecule has 2 rings (SSSR count). The maximum absolute atomic E-state index is 10.9. The minimum atomic E-state index is -0.655. The van der Waals surface area contributed by atoms with Crippen molar-refractivity contribution < 1.29 is 10.1 Å². The predicted octanol–water partition coefficient (Wildman–Crippen LogP) is 1.33. The van der Waals surface area contributed by atoms with E-state index in [2.05, 4.69) is 20.1 Å². The molecule has 0 aliphatic rings. The fourth-order valence-electron chi connectivity index (χ4n) is 1.44. The SMILES string of the molecule is Cc1ccnc(Sc2ccc([N+](=O)[O-])c(/C(N)=N/O)n2)n1. The smallest absolute Gasteiger partial charge is 0.298 e. The molecule has 0 aliphatic carbocycles. The summed E-state index contributed by atoms with van der Waals surface area (Å²) in [6.45, 7) is 1.82. The Hall–Kier alpha value is -2.75. The van der Waals surface area contributed by atoms with E-state index >= 15 is 0 Å². The van der Waals surface area contributed by atoms with Crippen molar-refractivity contribution in [2.45, 2.75) is 17.1 Å². The molecule has 2 aromatic heterocycles. The average Bonchev–Trinajstić information content (AvgIpc) is 2.46. The average molecular weight is 306 g/mol. The summed E-state index contributed by atoms with van der Waals surface area (Å²) in [5.41, 5.74) is 5.64. The topological polar surface area (TPSA) is 140 Å². The van der Waals surface area contributed by atoms with E-state index in [-0.39, 0.29) is 11.4 Å². The highest BCUT2D eigenvalue weighted by atomic mass is 32.2. The summed E-state index contributed by atoms with van der Waals surface area (Å²) in [5, 5.41) is 23.2. The third kappa shape index (κ3) is 3.42. The maximum atomic E-state index is 10.9. The Labute approximate surface area is 123 Å². The Bertz CT molecular complexity index is 721. The number of oxime groups is 1. The number of hydrogen-bond acceptors (Lipinski definition) is 8. The van der Waals surface area contributed by atoms with Gasteiger partial charge < -0.3 is 10.9 Å². The van der Waals surface area contributed by atoms with Crippen molar-refractivity contribution >= 4 is 23.3 Å². The molecule has 2 aromatic rings. The Balaban J connectivity index is 2.40. The molecule has 0 amide bonds. The lowest BCUT2D eigenvalue weighted by molar-refractivity contribution is -0.385. The van der Waals surface area contributed by atoms with Crippen molar-refractivity contribution in [3.63, 3.8) is 0 Å². The van der Waals surface area contributed by atoms with Crippen molar-refractivity contribution in [2.75, 3.05) is 0 Å². The Kier molecular flexibility index (Phi) is 4.28. The lowest BCUT2D eigenvalue weighted by Gasteiger charge is -2.04. The number of rotatable bonds is 4. The fourth-order valence-corrected chi connectivity index (χ4v) is 2.21. The molecule has 9 nitrogen and oxygen atoms in total. The van der Waals surface area contributed by atoms with Crippen LogP contribution in [0.25, 0.3) is 0 Å². The predicted molar refractivity (Wildman–Crippen MR) is 74.3 cm³/mol. The molecule has 2 heterocycles. The third-order valence-corrected chi connectivity index (χ3v) is 3.18. The van der Waals surface area contributed by atoms with Gasteiger partial charge in [-0.25, -0.2) is 15.0 Å². The molecule has 10 heteroatoms. The molecule has 0 atom stereocenters. The first kappa shape index (κ1) is 14.7. The first-order valence-corrected chi connectivity index (χ1v) is 6.43. The van der Waals surface area contributed by atoms with Gasteiger partial charge in [-0.1, -0.05) is 5.16 Å². The molecule has 0 saturated carbocycles. The first-order chi connectivity index (χ1) is 10.0. The largest absolute Gasteiger partial charge is 0.409 e. The molecule has 0 aromatic carbocycles.